The molecule has 0 saturated carbocycles. The van der Waals surface area contributed by atoms with Crippen LogP contribution in [-0.4, -0.2) is 18.6 Å². The van der Waals surface area contributed by atoms with Crippen molar-refractivity contribution in [3.8, 4) is 5.75 Å². The average molecular weight is 293 g/mol. The van der Waals surface area contributed by atoms with Gasteiger partial charge in [0.15, 0.2) is 11.6 Å². The number of rotatable bonds is 6. The fourth-order valence-electron chi connectivity index (χ4n) is 1.13. The van der Waals surface area contributed by atoms with Gasteiger partial charge >= 0.3 is 0 Å². The first-order valence-corrected chi connectivity index (χ1v) is 7.25. The van der Waals surface area contributed by atoms with E-state index in [2.05, 4.69) is 15.9 Å². The minimum Gasteiger partial charge on any atom is -0.490 e. The molecule has 0 N–H and O–H groups in total. The molecular formula is C11H14BrFOS. The van der Waals surface area contributed by atoms with E-state index in [0.717, 1.165) is 17.7 Å². The highest BCUT2D eigenvalue weighted by atomic mass is 79.9. The van der Waals surface area contributed by atoms with Crippen molar-refractivity contribution in [2.45, 2.75) is 11.8 Å². The molecule has 84 valence electrons. The lowest BCUT2D eigenvalue weighted by Crippen LogP contribution is -2.00. The Labute approximate surface area is 103 Å². The summed E-state index contributed by atoms with van der Waals surface area (Å²) in [5.41, 5.74) is 0.920. The number of hydrogen-bond donors (Lipinski definition) is 0. The number of ether oxygens (including phenoxy) is 1. The molecule has 0 aliphatic carbocycles. The molecule has 0 saturated heterocycles. The van der Waals surface area contributed by atoms with Crippen LogP contribution >= 0.6 is 27.7 Å². The van der Waals surface area contributed by atoms with Gasteiger partial charge in [-0.2, -0.15) is 11.8 Å². The molecule has 1 aromatic carbocycles. The van der Waals surface area contributed by atoms with Gasteiger partial charge in [0, 0.05) is 5.33 Å². The molecule has 0 aliphatic rings. The van der Waals surface area contributed by atoms with Crippen molar-refractivity contribution in [2.75, 3.05) is 18.6 Å². The van der Waals surface area contributed by atoms with E-state index in [1.807, 2.05) is 12.3 Å². The summed E-state index contributed by atoms with van der Waals surface area (Å²) in [6.07, 6.45) is 2.99. The van der Waals surface area contributed by atoms with E-state index in [4.69, 9.17) is 4.74 Å². The molecule has 0 spiro atoms. The highest BCUT2D eigenvalue weighted by Crippen LogP contribution is 2.19. The van der Waals surface area contributed by atoms with Crippen LogP contribution in [0.4, 0.5) is 4.39 Å². The van der Waals surface area contributed by atoms with Gasteiger partial charge in [-0.05, 0) is 36.1 Å². The number of alkyl halides is 1. The molecule has 0 aromatic heterocycles. The second-order valence-corrected chi connectivity index (χ2v) is 4.64. The highest BCUT2D eigenvalue weighted by Gasteiger charge is 2.03. The molecule has 0 bridgehead atoms. The molecule has 1 aromatic rings. The van der Waals surface area contributed by atoms with E-state index < -0.39 is 0 Å². The van der Waals surface area contributed by atoms with Crippen LogP contribution < -0.4 is 4.74 Å². The summed E-state index contributed by atoms with van der Waals surface area (Å²) >= 11 is 5.05. The third-order valence-electron chi connectivity index (χ3n) is 1.90. The largest absolute Gasteiger partial charge is 0.490 e. The number of thioether (sulfide) groups is 1. The topological polar surface area (TPSA) is 9.23 Å². The Kier molecular flexibility index (Phi) is 6.10. The van der Waals surface area contributed by atoms with Gasteiger partial charge in [-0.3, -0.25) is 0 Å². The SMILES string of the molecule is CSCCCOc1ccc(CBr)cc1F. The maximum absolute atomic E-state index is 13.4. The summed E-state index contributed by atoms with van der Waals surface area (Å²) in [6.45, 7) is 0.575. The van der Waals surface area contributed by atoms with E-state index in [9.17, 15) is 4.39 Å². The van der Waals surface area contributed by atoms with Crippen molar-refractivity contribution in [1.82, 2.24) is 0 Å². The number of halogens is 2. The zero-order valence-electron chi connectivity index (χ0n) is 8.63. The molecule has 0 fully saturated rings. The van der Waals surface area contributed by atoms with Crippen LogP contribution in [0.25, 0.3) is 0 Å². The first-order valence-electron chi connectivity index (χ1n) is 4.74. The number of benzene rings is 1. The van der Waals surface area contributed by atoms with Gasteiger partial charge in [0.25, 0.3) is 0 Å². The lowest BCUT2D eigenvalue weighted by molar-refractivity contribution is 0.302. The standard InChI is InChI=1S/C11H14BrFOS/c1-15-6-2-5-14-11-4-3-9(8-12)7-10(11)13/h3-4,7H,2,5-6,8H2,1H3. The van der Waals surface area contributed by atoms with Crippen LogP contribution in [-0.2, 0) is 5.33 Å². The highest BCUT2D eigenvalue weighted by molar-refractivity contribution is 9.08. The van der Waals surface area contributed by atoms with Gasteiger partial charge < -0.3 is 4.74 Å². The summed E-state index contributed by atoms with van der Waals surface area (Å²) in [7, 11) is 0. The van der Waals surface area contributed by atoms with Gasteiger partial charge in [0.2, 0.25) is 0 Å². The van der Waals surface area contributed by atoms with E-state index >= 15 is 0 Å². The van der Waals surface area contributed by atoms with Gasteiger partial charge in [-0.25, -0.2) is 4.39 Å². The van der Waals surface area contributed by atoms with E-state index in [0.29, 0.717) is 17.7 Å². The Morgan fingerprint density at radius 1 is 1.47 bits per heavy atom. The van der Waals surface area contributed by atoms with Crippen molar-refractivity contribution >= 4 is 27.7 Å². The third-order valence-corrected chi connectivity index (χ3v) is 3.25. The van der Waals surface area contributed by atoms with Crippen LogP contribution in [0.2, 0.25) is 0 Å². The molecule has 15 heavy (non-hydrogen) atoms. The fraction of sp³-hybridized carbons (Fsp3) is 0.455. The van der Waals surface area contributed by atoms with Crippen LogP contribution in [0.5, 0.6) is 5.75 Å². The van der Waals surface area contributed by atoms with Crippen LogP contribution in [0, 0.1) is 5.82 Å². The summed E-state index contributed by atoms with van der Waals surface area (Å²) < 4.78 is 18.7. The molecular weight excluding hydrogens is 279 g/mol. The smallest absolute Gasteiger partial charge is 0.165 e. The normalized spacial score (nSPS) is 10.3. The zero-order valence-corrected chi connectivity index (χ0v) is 11.0. The Morgan fingerprint density at radius 2 is 2.27 bits per heavy atom. The second-order valence-electron chi connectivity index (χ2n) is 3.09. The van der Waals surface area contributed by atoms with Crippen molar-refractivity contribution in [3.05, 3.63) is 29.6 Å². The minimum atomic E-state index is -0.281. The van der Waals surface area contributed by atoms with Crippen molar-refractivity contribution in [2.24, 2.45) is 0 Å². The lowest BCUT2D eigenvalue weighted by Gasteiger charge is -2.07. The predicted molar refractivity (Wildman–Crippen MR) is 67.5 cm³/mol. The fourth-order valence-corrected chi connectivity index (χ4v) is 1.89. The van der Waals surface area contributed by atoms with Crippen LogP contribution in [0.1, 0.15) is 12.0 Å². The Balaban J connectivity index is 2.47. The first-order chi connectivity index (χ1) is 7.27. The van der Waals surface area contributed by atoms with E-state index in [-0.39, 0.29) is 5.82 Å². The molecule has 0 radical (unpaired) electrons. The van der Waals surface area contributed by atoms with Gasteiger partial charge in [0.1, 0.15) is 0 Å². The summed E-state index contributed by atoms with van der Waals surface area (Å²) in [5.74, 6) is 1.11. The maximum atomic E-state index is 13.4. The summed E-state index contributed by atoms with van der Waals surface area (Å²) in [4.78, 5) is 0. The van der Waals surface area contributed by atoms with E-state index in [1.54, 1.807) is 17.8 Å². The predicted octanol–water partition coefficient (Wildman–Crippen LogP) is 3.85. The zero-order chi connectivity index (χ0) is 11.1. The molecule has 1 rings (SSSR count). The molecule has 0 atom stereocenters. The molecule has 0 unspecified atom stereocenters. The van der Waals surface area contributed by atoms with Crippen LogP contribution in [0.3, 0.4) is 0 Å². The second kappa shape index (κ2) is 7.12. The average Bonchev–Trinajstić information content (AvgIpc) is 2.26. The quantitative estimate of drug-likeness (QED) is 0.582. The third kappa shape index (κ3) is 4.43. The minimum absolute atomic E-state index is 0.281. The Morgan fingerprint density at radius 3 is 2.87 bits per heavy atom. The first kappa shape index (κ1) is 12.8. The summed E-state index contributed by atoms with van der Waals surface area (Å²) in [6, 6.07) is 5.05. The van der Waals surface area contributed by atoms with Crippen molar-refractivity contribution in [1.29, 1.82) is 0 Å². The lowest BCUT2D eigenvalue weighted by atomic mass is 10.2. The number of hydrogen-bond acceptors (Lipinski definition) is 2. The Bertz CT molecular complexity index is 307. The van der Waals surface area contributed by atoms with Gasteiger partial charge in [-0.15, -0.1) is 0 Å². The molecule has 0 heterocycles. The molecule has 4 heteroatoms. The van der Waals surface area contributed by atoms with Crippen LogP contribution in [0.15, 0.2) is 18.2 Å². The maximum Gasteiger partial charge on any atom is 0.165 e. The molecule has 0 aliphatic heterocycles. The van der Waals surface area contributed by atoms with E-state index in [1.165, 1.54) is 6.07 Å². The van der Waals surface area contributed by atoms with Crippen molar-refractivity contribution < 1.29 is 9.13 Å². The van der Waals surface area contributed by atoms with Gasteiger partial charge in [0.05, 0.1) is 6.61 Å². The monoisotopic (exact) mass is 292 g/mol. The summed E-state index contributed by atoms with van der Waals surface area (Å²) in [5, 5.41) is 0.663. The van der Waals surface area contributed by atoms with Crippen molar-refractivity contribution in [3.63, 3.8) is 0 Å². The molecule has 0 amide bonds. The molecule has 1 nitrogen and oxygen atoms in total. The van der Waals surface area contributed by atoms with Gasteiger partial charge in [-0.1, -0.05) is 22.0 Å². The Hall–Kier alpha value is -0.220.